The lowest BCUT2D eigenvalue weighted by atomic mass is 10.3. The fourth-order valence-corrected chi connectivity index (χ4v) is 2.55. The van der Waals surface area contributed by atoms with Crippen LogP contribution in [0.3, 0.4) is 0 Å². The number of halogens is 4. The number of aliphatic imine (C=N–C) groups is 1. The minimum Gasteiger partial charge on any atom is -0.304 e. The van der Waals surface area contributed by atoms with Crippen molar-refractivity contribution in [2.24, 2.45) is 4.99 Å². The van der Waals surface area contributed by atoms with Gasteiger partial charge >= 0.3 is 6.18 Å². The summed E-state index contributed by atoms with van der Waals surface area (Å²) < 4.78 is 38.8. The summed E-state index contributed by atoms with van der Waals surface area (Å²) in [5.41, 5.74) is -1.09. The Morgan fingerprint density at radius 2 is 2.25 bits per heavy atom. The monoisotopic (exact) mass is 326 g/mol. The highest BCUT2D eigenvalue weighted by atomic mass is 35.5. The van der Waals surface area contributed by atoms with Gasteiger partial charge < -0.3 is 5.32 Å². The van der Waals surface area contributed by atoms with Crippen LogP contribution in [0.15, 0.2) is 4.99 Å². The number of nitrogens with one attached hydrogen (secondary N) is 1. The van der Waals surface area contributed by atoms with E-state index in [1.54, 1.807) is 0 Å². The van der Waals surface area contributed by atoms with E-state index in [0.717, 1.165) is 10.4 Å². The maximum atomic E-state index is 12.6. The zero-order valence-electron chi connectivity index (χ0n) is 10.3. The normalized spacial score (nSPS) is 15.3. The second-order valence-corrected chi connectivity index (χ2v) is 5.45. The van der Waals surface area contributed by atoms with Crippen LogP contribution >= 0.6 is 23.4 Å². The molecule has 0 unspecified atom stereocenters. The van der Waals surface area contributed by atoms with Crippen molar-refractivity contribution in [3.05, 3.63) is 16.4 Å². The van der Waals surface area contributed by atoms with E-state index in [4.69, 9.17) is 11.6 Å². The van der Waals surface area contributed by atoms with Crippen LogP contribution in [0.5, 0.6) is 0 Å². The van der Waals surface area contributed by atoms with Crippen molar-refractivity contribution in [2.45, 2.75) is 19.6 Å². The number of aromatic nitrogens is 2. The lowest BCUT2D eigenvalue weighted by Crippen LogP contribution is -2.31. The summed E-state index contributed by atoms with van der Waals surface area (Å²) in [7, 11) is 0. The average Bonchev–Trinajstić information content (AvgIpc) is 2.92. The van der Waals surface area contributed by atoms with E-state index < -0.39 is 22.8 Å². The van der Waals surface area contributed by atoms with Gasteiger partial charge in [0.05, 0.1) is 17.3 Å². The Labute approximate surface area is 121 Å². The minimum atomic E-state index is -4.64. The third kappa shape index (κ3) is 3.26. The highest BCUT2D eigenvalue weighted by Crippen LogP contribution is 2.35. The zero-order valence-corrected chi connectivity index (χ0v) is 11.9. The van der Waals surface area contributed by atoms with E-state index in [2.05, 4.69) is 15.4 Å². The summed E-state index contributed by atoms with van der Waals surface area (Å²) in [4.78, 5) is 15.7. The molecule has 0 saturated heterocycles. The number of nitrogens with zero attached hydrogens (tertiary/aromatic N) is 3. The second-order valence-electron chi connectivity index (χ2n) is 3.99. The van der Waals surface area contributed by atoms with Gasteiger partial charge in [-0.3, -0.25) is 14.5 Å². The molecular formula is C10H10ClF3N4OS. The largest absolute Gasteiger partial charge is 0.436 e. The third-order valence-corrected chi connectivity index (χ3v) is 3.87. The standard InChI is InChI=1S/C10H10ClF3N4OS/c1-5-7(11)8(10(12,13)14)17-18(5)4-6(19)16-9-15-2-3-20-9/h2-4H2,1H3,(H,15,16,19). The number of hydrogen-bond donors (Lipinski definition) is 1. The SMILES string of the molecule is Cc1c(Cl)c(C(F)(F)F)nn1CC(=O)NC1=NCCS1. The molecule has 0 aromatic carbocycles. The summed E-state index contributed by atoms with van der Waals surface area (Å²) in [5, 5.41) is 5.84. The van der Waals surface area contributed by atoms with Crippen molar-refractivity contribution in [2.75, 3.05) is 12.3 Å². The van der Waals surface area contributed by atoms with Gasteiger partial charge in [0.15, 0.2) is 10.9 Å². The van der Waals surface area contributed by atoms with Crippen LogP contribution < -0.4 is 5.32 Å². The van der Waals surface area contributed by atoms with Crippen molar-refractivity contribution >= 4 is 34.4 Å². The van der Waals surface area contributed by atoms with Crippen molar-refractivity contribution in [1.82, 2.24) is 15.1 Å². The first-order valence-electron chi connectivity index (χ1n) is 5.56. The Morgan fingerprint density at radius 3 is 2.75 bits per heavy atom. The summed E-state index contributed by atoms with van der Waals surface area (Å²) >= 11 is 6.97. The van der Waals surface area contributed by atoms with E-state index >= 15 is 0 Å². The van der Waals surface area contributed by atoms with E-state index in [0.29, 0.717) is 11.7 Å². The van der Waals surface area contributed by atoms with E-state index in [9.17, 15) is 18.0 Å². The fourth-order valence-electron chi connectivity index (χ4n) is 1.56. The van der Waals surface area contributed by atoms with Crippen LogP contribution in [0.4, 0.5) is 13.2 Å². The molecule has 20 heavy (non-hydrogen) atoms. The highest BCUT2D eigenvalue weighted by Gasteiger charge is 2.38. The average molecular weight is 327 g/mol. The lowest BCUT2D eigenvalue weighted by Gasteiger charge is -2.05. The molecule has 1 N–H and O–H groups in total. The van der Waals surface area contributed by atoms with Gasteiger partial charge in [-0.1, -0.05) is 23.4 Å². The minimum absolute atomic E-state index is 0.0927. The quantitative estimate of drug-likeness (QED) is 0.905. The summed E-state index contributed by atoms with van der Waals surface area (Å²) in [6.07, 6.45) is -4.64. The number of rotatable bonds is 2. The molecule has 0 aliphatic carbocycles. The Morgan fingerprint density at radius 1 is 1.55 bits per heavy atom. The van der Waals surface area contributed by atoms with Crippen LogP contribution in [0.2, 0.25) is 5.02 Å². The smallest absolute Gasteiger partial charge is 0.304 e. The predicted molar refractivity (Wildman–Crippen MR) is 69.9 cm³/mol. The predicted octanol–water partition coefficient (Wildman–Crippen LogP) is 2.08. The molecule has 2 heterocycles. The first kappa shape index (κ1) is 15.2. The van der Waals surface area contributed by atoms with Crippen LogP contribution in [-0.2, 0) is 17.5 Å². The Hall–Kier alpha value is -1.22. The van der Waals surface area contributed by atoms with Gasteiger partial charge in [0.2, 0.25) is 5.91 Å². The lowest BCUT2D eigenvalue weighted by molar-refractivity contribution is -0.141. The molecule has 110 valence electrons. The molecule has 10 heteroatoms. The van der Waals surface area contributed by atoms with Crippen molar-refractivity contribution in [1.29, 1.82) is 0 Å². The topological polar surface area (TPSA) is 59.3 Å². The molecule has 1 aromatic rings. The van der Waals surface area contributed by atoms with Gasteiger partial charge in [0.1, 0.15) is 6.54 Å². The molecule has 0 radical (unpaired) electrons. The number of hydrogen-bond acceptors (Lipinski definition) is 4. The molecule has 5 nitrogen and oxygen atoms in total. The Kier molecular flexibility index (Phi) is 4.28. The molecule has 1 amide bonds. The van der Waals surface area contributed by atoms with E-state index in [1.807, 2.05) is 0 Å². The van der Waals surface area contributed by atoms with Crippen LogP contribution in [0.25, 0.3) is 0 Å². The maximum Gasteiger partial charge on any atom is 0.436 e. The molecule has 0 saturated carbocycles. The number of thioether (sulfide) groups is 1. The van der Waals surface area contributed by atoms with Crippen LogP contribution in [-0.4, -0.2) is 33.2 Å². The molecule has 1 aliphatic heterocycles. The van der Waals surface area contributed by atoms with Gasteiger partial charge in [0, 0.05) is 5.75 Å². The summed E-state index contributed by atoms with van der Waals surface area (Å²) in [6.45, 7) is 1.64. The van der Waals surface area contributed by atoms with Crippen molar-refractivity contribution < 1.29 is 18.0 Å². The molecular weight excluding hydrogens is 317 g/mol. The van der Waals surface area contributed by atoms with Gasteiger partial charge in [-0.15, -0.1) is 0 Å². The molecule has 0 bridgehead atoms. The van der Waals surface area contributed by atoms with Gasteiger partial charge in [0.25, 0.3) is 0 Å². The number of amides is 1. The molecule has 0 spiro atoms. The van der Waals surface area contributed by atoms with E-state index in [-0.39, 0.29) is 12.2 Å². The molecule has 0 atom stereocenters. The van der Waals surface area contributed by atoms with Gasteiger partial charge in [-0.05, 0) is 6.92 Å². The Bertz CT molecular complexity index is 570. The summed E-state index contributed by atoms with van der Waals surface area (Å²) in [6, 6.07) is 0. The van der Waals surface area contributed by atoms with Crippen LogP contribution in [0.1, 0.15) is 11.4 Å². The number of carbonyl (C=O) groups is 1. The summed E-state index contributed by atoms with van der Waals surface area (Å²) in [5.74, 6) is 0.287. The van der Waals surface area contributed by atoms with Crippen molar-refractivity contribution in [3.8, 4) is 0 Å². The number of carbonyl (C=O) groups excluding carboxylic acids is 1. The molecule has 1 aromatic heterocycles. The fraction of sp³-hybridized carbons (Fsp3) is 0.500. The molecule has 1 aliphatic rings. The number of amidine groups is 1. The second kappa shape index (κ2) is 5.65. The third-order valence-electron chi connectivity index (χ3n) is 2.53. The van der Waals surface area contributed by atoms with Crippen LogP contribution in [0, 0.1) is 6.92 Å². The Balaban J connectivity index is 2.11. The molecule has 0 fully saturated rings. The number of alkyl halides is 3. The molecule has 2 rings (SSSR count). The maximum absolute atomic E-state index is 12.6. The first-order valence-corrected chi connectivity index (χ1v) is 6.92. The highest BCUT2D eigenvalue weighted by molar-refractivity contribution is 8.14. The van der Waals surface area contributed by atoms with E-state index in [1.165, 1.54) is 18.7 Å². The van der Waals surface area contributed by atoms with Gasteiger partial charge in [-0.2, -0.15) is 18.3 Å². The zero-order chi connectivity index (χ0) is 14.9. The van der Waals surface area contributed by atoms with Crippen molar-refractivity contribution in [3.63, 3.8) is 0 Å². The van der Waals surface area contributed by atoms with Gasteiger partial charge in [-0.25, -0.2) is 0 Å². The first-order chi connectivity index (χ1) is 9.29.